The Morgan fingerprint density at radius 1 is 1.40 bits per heavy atom. The fraction of sp³-hybridized carbons (Fsp3) is 0.300. The Balaban J connectivity index is 3.11. The minimum atomic E-state index is -1.07. The molecule has 0 unspecified atom stereocenters. The lowest BCUT2D eigenvalue weighted by molar-refractivity contribution is 0.0988. The van der Waals surface area contributed by atoms with E-state index in [4.69, 9.17) is 0 Å². The topological polar surface area (TPSA) is 29.1 Å². The van der Waals surface area contributed by atoms with Crippen LogP contribution in [-0.2, 0) is 0 Å². The van der Waals surface area contributed by atoms with E-state index in [1.807, 2.05) is 0 Å². The molecule has 0 aliphatic heterocycles. The van der Waals surface area contributed by atoms with Crippen LogP contribution in [0.5, 0.6) is 0 Å². The number of Topliss-reactive ketones (excluding diaryl/α,β-unsaturated/α-hetero) is 1. The highest BCUT2D eigenvalue weighted by molar-refractivity contribution is 7.98. The van der Waals surface area contributed by atoms with Crippen LogP contribution in [0.1, 0.15) is 10.4 Å². The van der Waals surface area contributed by atoms with Crippen molar-refractivity contribution in [3.05, 3.63) is 29.3 Å². The van der Waals surface area contributed by atoms with Crippen molar-refractivity contribution in [2.45, 2.75) is 4.90 Å². The van der Waals surface area contributed by atoms with Gasteiger partial charge in [0.1, 0.15) is 0 Å². The van der Waals surface area contributed by atoms with E-state index in [0.29, 0.717) is 0 Å². The van der Waals surface area contributed by atoms with Crippen LogP contribution in [0.15, 0.2) is 17.0 Å². The third kappa shape index (κ3) is 2.54. The molecule has 0 aliphatic rings. The molecule has 82 valence electrons. The van der Waals surface area contributed by atoms with Crippen LogP contribution in [-0.4, -0.2) is 25.6 Å². The molecule has 0 fully saturated rings. The van der Waals surface area contributed by atoms with E-state index in [2.05, 4.69) is 5.32 Å². The Bertz CT molecular complexity index is 382. The predicted octanol–water partition coefficient (Wildman–Crippen LogP) is 2.09. The van der Waals surface area contributed by atoms with Crippen molar-refractivity contribution in [1.82, 2.24) is 5.32 Å². The Morgan fingerprint density at radius 2 is 2.07 bits per heavy atom. The van der Waals surface area contributed by atoms with Crippen LogP contribution in [0.3, 0.4) is 0 Å². The number of carbonyl (C=O) groups excluding carboxylic acids is 1. The van der Waals surface area contributed by atoms with E-state index >= 15 is 0 Å². The van der Waals surface area contributed by atoms with Crippen molar-refractivity contribution in [1.29, 1.82) is 0 Å². The molecule has 0 bridgehead atoms. The van der Waals surface area contributed by atoms with Gasteiger partial charge in [0.15, 0.2) is 17.4 Å². The number of benzene rings is 1. The molecule has 1 aromatic carbocycles. The summed E-state index contributed by atoms with van der Waals surface area (Å²) in [5.41, 5.74) is -0.209. The van der Waals surface area contributed by atoms with Crippen molar-refractivity contribution in [2.24, 2.45) is 0 Å². The third-order valence-electron chi connectivity index (χ3n) is 1.90. The van der Waals surface area contributed by atoms with Gasteiger partial charge in [0.25, 0.3) is 0 Å². The van der Waals surface area contributed by atoms with Crippen LogP contribution in [0.25, 0.3) is 0 Å². The summed E-state index contributed by atoms with van der Waals surface area (Å²) in [5.74, 6) is -2.48. The van der Waals surface area contributed by atoms with E-state index in [1.165, 1.54) is 12.1 Å². The van der Waals surface area contributed by atoms with E-state index < -0.39 is 17.4 Å². The first-order valence-electron chi connectivity index (χ1n) is 4.31. The summed E-state index contributed by atoms with van der Waals surface area (Å²) >= 11 is 1.10. The lowest BCUT2D eigenvalue weighted by Crippen LogP contribution is -2.20. The van der Waals surface area contributed by atoms with E-state index in [0.717, 1.165) is 11.8 Å². The van der Waals surface area contributed by atoms with Gasteiger partial charge < -0.3 is 5.32 Å². The largest absolute Gasteiger partial charge is 0.313 e. The van der Waals surface area contributed by atoms with Gasteiger partial charge in [-0.1, -0.05) is 0 Å². The van der Waals surface area contributed by atoms with Gasteiger partial charge in [0.2, 0.25) is 0 Å². The van der Waals surface area contributed by atoms with Crippen molar-refractivity contribution >= 4 is 17.5 Å². The average molecular weight is 231 g/mol. The Morgan fingerprint density at radius 3 is 2.60 bits per heavy atom. The molecule has 2 nitrogen and oxygen atoms in total. The van der Waals surface area contributed by atoms with Crippen LogP contribution < -0.4 is 5.32 Å². The van der Waals surface area contributed by atoms with Gasteiger partial charge >= 0.3 is 0 Å². The van der Waals surface area contributed by atoms with Crippen molar-refractivity contribution in [3.63, 3.8) is 0 Å². The molecule has 1 N–H and O–H groups in total. The SMILES string of the molecule is CNCC(=O)c1ccc(SC)c(F)c1F. The number of hydrogen-bond acceptors (Lipinski definition) is 3. The highest BCUT2D eigenvalue weighted by Crippen LogP contribution is 2.23. The first kappa shape index (κ1) is 12.1. The molecule has 0 heterocycles. The Hall–Kier alpha value is -0.940. The van der Waals surface area contributed by atoms with Gasteiger partial charge in [-0.3, -0.25) is 4.79 Å². The molecule has 5 heteroatoms. The number of nitrogens with one attached hydrogen (secondary N) is 1. The minimum Gasteiger partial charge on any atom is -0.313 e. The molecular formula is C10H11F2NOS. The number of thioether (sulfide) groups is 1. The molecule has 15 heavy (non-hydrogen) atoms. The fourth-order valence-electron chi connectivity index (χ4n) is 1.16. The molecule has 0 radical (unpaired) electrons. The first-order valence-corrected chi connectivity index (χ1v) is 5.54. The van der Waals surface area contributed by atoms with Crippen LogP contribution >= 0.6 is 11.8 Å². The summed E-state index contributed by atoms with van der Waals surface area (Å²) in [5, 5.41) is 2.60. The molecule has 0 aliphatic carbocycles. The molecule has 1 aromatic rings. The summed E-state index contributed by atoms with van der Waals surface area (Å²) in [6.45, 7) is -0.00499. The van der Waals surface area contributed by atoms with Crippen molar-refractivity contribution in [2.75, 3.05) is 19.8 Å². The third-order valence-corrected chi connectivity index (χ3v) is 2.66. The second-order valence-corrected chi connectivity index (χ2v) is 3.74. The van der Waals surface area contributed by atoms with Gasteiger partial charge in [-0.05, 0) is 25.4 Å². The fourth-order valence-corrected chi connectivity index (χ4v) is 1.63. The standard InChI is InChI=1S/C10H11F2NOS/c1-13-5-7(14)6-3-4-8(15-2)10(12)9(6)11/h3-4,13H,5H2,1-2H3. The lowest BCUT2D eigenvalue weighted by atomic mass is 10.1. The maximum absolute atomic E-state index is 13.4. The van der Waals surface area contributed by atoms with E-state index in [9.17, 15) is 13.6 Å². The molecule has 0 atom stereocenters. The van der Waals surface area contributed by atoms with Gasteiger partial charge in [-0.2, -0.15) is 0 Å². The molecular weight excluding hydrogens is 220 g/mol. The monoisotopic (exact) mass is 231 g/mol. The Labute approximate surface area is 91.1 Å². The van der Waals surface area contributed by atoms with Crippen LogP contribution in [0.2, 0.25) is 0 Å². The summed E-state index contributed by atoms with van der Waals surface area (Å²) < 4.78 is 26.7. The number of likely N-dealkylation sites (N-methyl/N-ethyl adjacent to an activating group) is 1. The highest BCUT2D eigenvalue weighted by atomic mass is 32.2. The molecule has 0 spiro atoms. The number of halogens is 2. The smallest absolute Gasteiger partial charge is 0.179 e. The van der Waals surface area contributed by atoms with Gasteiger partial charge in [-0.25, -0.2) is 8.78 Å². The second kappa shape index (κ2) is 5.23. The number of rotatable bonds is 4. The van der Waals surface area contributed by atoms with Crippen molar-refractivity contribution in [3.8, 4) is 0 Å². The number of carbonyl (C=O) groups is 1. The van der Waals surface area contributed by atoms with Gasteiger partial charge in [0.05, 0.1) is 12.1 Å². The summed E-state index contributed by atoms with van der Waals surface area (Å²) in [7, 11) is 1.57. The highest BCUT2D eigenvalue weighted by Gasteiger charge is 2.17. The normalized spacial score (nSPS) is 10.4. The molecule has 0 aromatic heterocycles. The maximum atomic E-state index is 13.4. The predicted molar refractivity (Wildman–Crippen MR) is 56.4 cm³/mol. The van der Waals surface area contributed by atoms with Gasteiger partial charge in [0, 0.05) is 4.90 Å². The quantitative estimate of drug-likeness (QED) is 0.635. The first-order chi connectivity index (χ1) is 7.11. The molecule has 0 saturated heterocycles. The Kier molecular flexibility index (Phi) is 4.23. The zero-order valence-electron chi connectivity index (χ0n) is 8.43. The van der Waals surface area contributed by atoms with E-state index in [1.54, 1.807) is 13.3 Å². The zero-order chi connectivity index (χ0) is 11.4. The van der Waals surface area contributed by atoms with Gasteiger partial charge in [-0.15, -0.1) is 11.8 Å². The van der Waals surface area contributed by atoms with E-state index in [-0.39, 0.29) is 17.0 Å². The minimum absolute atomic E-state index is 0.00499. The molecule has 0 amide bonds. The zero-order valence-corrected chi connectivity index (χ0v) is 9.25. The average Bonchev–Trinajstić information content (AvgIpc) is 2.22. The van der Waals surface area contributed by atoms with Crippen molar-refractivity contribution < 1.29 is 13.6 Å². The number of ketones is 1. The summed E-state index contributed by atoms with van der Waals surface area (Å²) in [4.78, 5) is 11.5. The second-order valence-electron chi connectivity index (χ2n) is 2.90. The lowest BCUT2D eigenvalue weighted by Gasteiger charge is -2.05. The van der Waals surface area contributed by atoms with Crippen LogP contribution in [0.4, 0.5) is 8.78 Å². The summed E-state index contributed by atoms with van der Waals surface area (Å²) in [6.07, 6.45) is 1.65. The molecule has 1 rings (SSSR count). The maximum Gasteiger partial charge on any atom is 0.179 e. The number of hydrogen-bond donors (Lipinski definition) is 1. The summed E-state index contributed by atoms with van der Waals surface area (Å²) in [6, 6.07) is 2.72. The van der Waals surface area contributed by atoms with Crippen LogP contribution in [0, 0.1) is 11.6 Å². The molecule has 0 saturated carbocycles.